The molecule has 2 nitrogen and oxygen atoms in total. The Labute approximate surface area is 126 Å². The zero-order chi connectivity index (χ0) is 15.1. The maximum atomic E-state index is 13.5. The van der Waals surface area contributed by atoms with Gasteiger partial charge in [-0.05, 0) is 31.5 Å². The number of ether oxygens (including phenoxy) is 1. The maximum Gasteiger partial charge on any atom is 0.127 e. The molecule has 0 aliphatic rings. The molecule has 1 N–H and O–H groups in total. The molecule has 0 bridgehead atoms. The molecule has 21 heavy (non-hydrogen) atoms. The first-order valence-corrected chi connectivity index (χ1v) is 7.40. The molecule has 0 spiro atoms. The van der Waals surface area contributed by atoms with Crippen LogP contribution in [0.1, 0.15) is 37.4 Å². The molecule has 0 aliphatic heterocycles. The Morgan fingerprint density at radius 1 is 1.14 bits per heavy atom. The molecule has 0 saturated carbocycles. The van der Waals surface area contributed by atoms with Crippen LogP contribution in [-0.2, 0) is 6.61 Å². The highest BCUT2D eigenvalue weighted by atomic mass is 19.1. The fourth-order valence-electron chi connectivity index (χ4n) is 2.20. The van der Waals surface area contributed by atoms with Crippen molar-refractivity contribution in [1.29, 1.82) is 0 Å². The molecular formula is C18H22FNO. The lowest BCUT2D eigenvalue weighted by Gasteiger charge is -2.18. The van der Waals surface area contributed by atoms with Crippen LogP contribution in [0.5, 0.6) is 5.75 Å². The van der Waals surface area contributed by atoms with Gasteiger partial charge in [0, 0.05) is 17.7 Å². The van der Waals surface area contributed by atoms with Gasteiger partial charge in [-0.2, -0.15) is 0 Å². The van der Waals surface area contributed by atoms with Crippen molar-refractivity contribution in [3.8, 4) is 5.75 Å². The largest absolute Gasteiger partial charge is 0.488 e. The molecule has 0 heterocycles. The van der Waals surface area contributed by atoms with Gasteiger partial charge in [-0.25, -0.2) is 4.39 Å². The number of hydrogen-bond donors (Lipinski definition) is 1. The van der Waals surface area contributed by atoms with E-state index in [0.29, 0.717) is 12.4 Å². The molecule has 112 valence electrons. The number of nitrogens with one attached hydrogen (secondary N) is 1. The van der Waals surface area contributed by atoms with Gasteiger partial charge >= 0.3 is 0 Å². The SMILES string of the molecule is CCCNC(C)c1ccc(F)cc1OCc1ccccc1. The van der Waals surface area contributed by atoms with E-state index < -0.39 is 0 Å². The van der Waals surface area contributed by atoms with Crippen molar-refractivity contribution < 1.29 is 9.13 Å². The third-order valence-electron chi connectivity index (χ3n) is 3.38. The monoisotopic (exact) mass is 287 g/mol. The lowest BCUT2D eigenvalue weighted by molar-refractivity contribution is 0.298. The van der Waals surface area contributed by atoms with Crippen LogP contribution in [0.2, 0.25) is 0 Å². The first-order chi connectivity index (χ1) is 10.2. The minimum Gasteiger partial charge on any atom is -0.488 e. The van der Waals surface area contributed by atoms with Crippen LogP contribution >= 0.6 is 0 Å². The standard InChI is InChI=1S/C18H22FNO/c1-3-11-20-14(2)17-10-9-16(19)12-18(17)21-13-15-7-5-4-6-8-15/h4-10,12,14,20H,3,11,13H2,1-2H3. The van der Waals surface area contributed by atoms with E-state index in [1.54, 1.807) is 6.07 Å². The second-order valence-corrected chi connectivity index (χ2v) is 5.13. The predicted molar refractivity (Wildman–Crippen MR) is 83.9 cm³/mol. The van der Waals surface area contributed by atoms with Crippen LogP contribution in [0.15, 0.2) is 48.5 Å². The number of hydrogen-bond acceptors (Lipinski definition) is 2. The zero-order valence-electron chi connectivity index (χ0n) is 12.6. The summed E-state index contributed by atoms with van der Waals surface area (Å²) in [5.41, 5.74) is 2.06. The van der Waals surface area contributed by atoms with Crippen LogP contribution in [0.3, 0.4) is 0 Å². The Kier molecular flexibility index (Phi) is 5.76. The average molecular weight is 287 g/mol. The summed E-state index contributed by atoms with van der Waals surface area (Å²) >= 11 is 0. The van der Waals surface area contributed by atoms with Crippen molar-refractivity contribution in [2.24, 2.45) is 0 Å². The van der Waals surface area contributed by atoms with Gasteiger partial charge in [0.25, 0.3) is 0 Å². The molecular weight excluding hydrogens is 265 g/mol. The molecule has 1 unspecified atom stereocenters. The quantitative estimate of drug-likeness (QED) is 0.811. The van der Waals surface area contributed by atoms with E-state index in [2.05, 4.69) is 19.2 Å². The molecule has 2 aromatic rings. The van der Waals surface area contributed by atoms with Gasteiger partial charge in [0.1, 0.15) is 18.2 Å². The lowest BCUT2D eigenvalue weighted by atomic mass is 10.1. The maximum absolute atomic E-state index is 13.5. The van der Waals surface area contributed by atoms with E-state index in [1.165, 1.54) is 12.1 Å². The highest BCUT2D eigenvalue weighted by molar-refractivity contribution is 5.36. The summed E-state index contributed by atoms with van der Waals surface area (Å²) in [5, 5.41) is 3.40. The van der Waals surface area contributed by atoms with Crippen molar-refractivity contribution in [3.63, 3.8) is 0 Å². The van der Waals surface area contributed by atoms with E-state index in [-0.39, 0.29) is 11.9 Å². The van der Waals surface area contributed by atoms with Gasteiger partial charge in [-0.3, -0.25) is 0 Å². The molecule has 2 aromatic carbocycles. The molecule has 2 rings (SSSR count). The van der Waals surface area contributed by atoms with Crippen LogP contribution in [-0.4, -0.2) is 6.54 Å². The van der Waals surface area contributed by atoms with Crippen molar-refractivity contribution in [2.45, 2.75) is 32.9 Å². The fraction of sp³-hybridized carbons (Fsp3) is 0.333. The van der Waals surface area contributed by atoms with E-state index in [1.807, 2.05) is 30.3 Å². The van der Waals surface area contributed by atoms with Crippen LogP contribution in [0.25, 0.3) is 0 Å². The highest BCUT2D eigenvalue weighted by Gasteiger charge is 2.12. The van der Waals surface area contributed by atoms with E-state index in [9.17, 15) is 4.39 Å². The molecule has 0 fully saturated rings. The molecule has 0 radical (unpaired) electrons. The topological polar surface area (TPSA) is 21.3 Å². The smallest absolute Gasteiger partial charge is 0.127 e. The lowest BCUT2D eigenvalue weighted by Crippen LogP contribution is -2.20. The van der Waals surface area contributed by atoms with E-state index >= 15 is 0 Å². The summed E-state index contributed by atoms with van der Waals surface area (Å²) in [6.45, 7) is 5.56. The normalized spacial score (nSPS) is 12.1. The van der Waals surface area contributed by atoms with Crippen LogP contribution in [0, 0.1) is 5.82 Å². The third-order valence-corrected chi connectivity index (χ3v) is 3.38. The zero-order valence-corrected chi connectivity index (χ0v) is 12.6. The van der Waals surface area contributed by atoms with Gasteiger partial charge in [-0.1, -0.05) is 43.3 Å². The summed E-state index contributed by atoms with van der Waals surface area (Å²) in [5.74, 6) is 0.333. The number of halogens is 1. The van der Waals surface area contributed by atoms with Crippen molar-refractivity contribution in [1.82, 2.24) is 5.32 Å². The Hall–Kier alpha value is -1.87. The second-order valence-electron chi connectivity index (χ2n) is 5.13. The summed E-state index contributed by atoms with van der Waals surface area (Å²) in [6, 6.07) is 14.8. The van der Waals surface area contributed by atoms with Gasteiger partial charge in [0.15, 0.2) is 0 Å². The minimum atomic E-state index is -0.274. The Bertz CT molecular complexity index is 556. The van der Waals surface area contributed by atoms with Crippen LogP contribution < -0.4 is 10.1 Å². The molecule has 0 saturated heterocycles. The number of rotatable bonds is 7. The van der Waals surface area contributed by atoms with Gasteiger partial charge in [-0.15, -0.1) is 0 Å². The Morgan fingerprint density at radius 3 is 2.62 bits per heavy atom. The fourth-order valence-corrected chi connectivity index (χ4v) is 2.20. The molecule has 0 aliphatic carbocycles. The van der Waals surface area contributed by atoms with Gasteiger partial charge in [0.05, 0.1) is 0 Å². The third kappa shape index (κ3) is 4.57. The first kappa shape index (κ1) is 15.5. The van der Waals surface area contributed by atoms with Crippen molar-refractivity contribution >= 4 is 0 Å². The summed E-state index contributed by atoms with van der Waals surface area (Å²) in [7, 11) is 0. The minimum absolute atomic E-state index is 0.135. The summed E-state index contributed by atoms with van der Waals surface area (Å²) < 4.78 is 19.3. The van der Waals surface area contributed by atoms with Gasteiger partial charge < -0.3 is 10.1 Å². The van der Waals surface area contributed by atoms with Crippen LogP contribution in [0.4, 0.5) is 4.39 Å². The second kappa shape index (κ2) is 7.79. The predicted octanol–water partition coefficient (Wildman–Crippen LogP) is 4.47. The van der Waals surface area contributed by atoms with E-state index in [0.717, 1.165) is 24.1 Å². The highest BCUT2D eigenvalue weighted by Crippen LogP contribution is 2.27. The van der Waals surface area contributed by atoms with Gasteiger partial charge in [0.2, 0.25) is 0 Å². The number of benzene rings is 2. The summed E-state index contributed by atoms with van der Waals surface area (Å²) in [4.78, 5) is 0. The van der Waals surface area contributed by atoms with E-state index in [4.69, 9.17) is 4.74 Å². The average Bonchev–Trinajstić information content (AvgIpc) is 2.51. The first-order valence-electron chi connectivity index (χ1n) is 7.40. The molecule has 1 atom stereocenters. The molecule has 0 amide bonds. The Balaban J connectivity index is 2.11. The Morgan fingerprint density at radius 2 is 1.90 bits per heavy atom. The van der Waals surface area contributed by atoms with Crippen molar-refractivity contribution in [2.75, 3.05) is 6.54 Å². The molecule has 0 aromatic heterocycles. The summed E-state index contributed by atoms with van der Waals surface area (Å²) in [6.07, 6.45) is 1.06. The molecule has 3 heteroatoms. The van der Waals surface area contributed by atoms with Crippen molar-refractivity contribution in [3.05, 3.63) is 65.5 Å².